The number of nitrogens with one attached hydrogen (secondary N) is 2. The molecule has 0 radical (unpaired) electrons. The van der Waals surface area contributed by atoms with Gasteiger partial charge in [-0.2, -0.15) is 0 Å². The van der Waals surface area contributed by atoms with E-state index >= 15 is 0 Å². The summed E-state index contributed by atoms with van der Waals surface area (Å²) < 4.78 is 14.4. The van der Waals surface area contributed by atoms with Crippen molar-refractivity contribution in [2.75, 3.05) is 5.75 Å². The number of hydrogen-bond donors (Lipinski definition) is 3. The third-order valence-corrected chi connectivity index (χ3v) is 13.4. The summed E-state index contributed by atoms with van der Waals surface area (Å²) in [5, 5.41) is 25.6. The molecule has 0 spiro atoms. The average Bonchev–Trinajstić information content (AvgIpc) is 3.54. The van der Waals surface area contributed by atoms with E-state index in [0.29, 0.717) is 6.54 Å². The molecule has 4 saturated carbocycles. The third kappa shape index (κ3) is 7.37. The highest BCUT2D eigenvalue weighted by Crippen LogP contribution is 2.55. The molecular weight excluding hydrogens is 665 g/mol. The van der Waals surface area contributed by atoms with E-state index in [9.17, 15) is 9.90 Å². The van der Waals surface area contributed by atoms with Crippen LogP contribution in [0.2, 0.25) is 0 Å². The molecule has 5 fully saturated rings. The molecule has 4 atom stereocenters. The Morgan fingerprint density at radius 1 is 0.900 bits per heavy atom. The van der Waals surface area contributed by atoms with Crippen LogP contribution >= 0.6 is 23.1 Å². The van der Waals surface area contributed by atoms with E-state index in [1.165, 1.54) is 19.3 Å². The number of nitrogens with zero attached hydrogens (tertiary/aromatic N) is 2. The van der Waals surface area contributed by atoms with Crippen molar-refractivity contribution in [1.82, 2.24) is 20.8 Å². The molecule has 4 bridgehead atoms. The van der Waals surface area contributed by atoms with Crippen molar-refractivity contribution < 1.29 is 19.4 Å². The van der Waals surface area contributed by atoms with E-state index in [1.54, 1.807) is 23.1 Å². The number of urea groups is 1. The lowest BCUT2D eigenvalue weighted by atomic mass is 9.53. The number of aryl methyl sites for hydroxylation is 1. The number of hydrogen-bond acceptors (Lipinski definition) is 8. The summed E-state index contributed by atoms with van der Waals surface area (Å²) in [6.07, 6.45) is 6.67. The van der Waals surface area contributed by atoms with Gasteiger partial charge in [-0.1, -0.05) is 90.7 Å². The highest BCUT2D eigenvalue weighted by Gasteiger charge is 2.51. The number of benzene rings is 3. The zero-order valence-corrected chi connectivity index (χ0v) is 30.3. The van der Waals surface area contributed by atoms with Crippen LogP contribution in [0.1, 0.15) is 85.1 Å². The molecule has 10 heteroatoms. The number of aromatic nitrogens is 2. The zero-order valence-electron chi connectivity index (χ0n) is 28.7. The lowest BCUT2D eigenvalue weighted by Gasteiger charge is -2.56. The molecule has 3 aromatic carbocycles. The molecule has 262 valence electrons. The lowest BCUT2D eigenvalue weighted by molar-refractivity contribution is -0.268. The quantitative estimate of drug-likeness (QED) is 0.142. The first-order chi connectivity index (χ1) is 24.3. The Labute approximate surface area is 302 Å². The van der Waals surface area contributed by atoms with Crippen molar-refractivity contribution in [2.24, 2.45) is 23.7 Å². The second kappa shape index (κ2) is 14.4. The average molecular weight is 711 g/mol. The standard InChI is InChI=1S/C40H46N4O4S2/c1-24-35(23-49-39-44-43-25(2)50-39)47-37(48-36(24)31-11-9-26(22-45)10-12-31)34-8-4-7-33(17-34)32-6-3-5-27(16-32)21-41-38(46)42-40-18-28-13-29(19-40)15-30(14-28)20-40/h3-12,16-17,24,28-30,35-37,45H,13-15,18-23H2,1-2H3,(H2,41,42,46)/t24-,28?,29?,30?,35+,36+,37+,40?/m0/s1. The smallest absolute Gasteiger partial charge is 0.315 e. The molecule has 2 amide bonds. The fraction of sp³-hybridized carbons (Fsp3) is 0.475. The van der Waals surface area contributed by atoms with Crippen molar-refractivity contribution in [3.05, 3.63) is 100 Å². The number of aliphatic hydroxyl groups excluding tert-OH is 1. The maximum absolute atomic E-state index is 13.1. The maximum atomic E-state index is 13.1. The van der Waals surface area contributed by atoms with Gasteiger partial charge in [0.1, 0.15) is 5.01 Å². The van der Waals surface area contributed by atoms with Crippen LogP contribution in [-0.2, 0) is 22.6 Å². The molecule has 5 aliphatic rings. The van der Waals surface area contributed by atoms with Gasteiger partial charge >= 0.3 is 6.03 Å². The van der Waals surface area contributed by atoms with Crippen molar-refractivity contribution in [1.29, 1.82) is 0 Å². The normalized spacial score (nSPS) is 29.9. The highest BCUT2D eigenvalue weighted by atomic mass is 32.2. The summed E-state index contributed by atoms with van der Waals surface area (Å²) in [5.41, 5.74) is 6.08. The molecular formula is C40H46N4O4S2. The Morgan fingerprint density at radius 2 is 1.60 bits per heavy atom. The number of carbonyl (C=O) groups excluding carboxylic acids is 1. The second-order valence-corrected chi connectivity index (χ2v) is 17.5. The fourth-order valence-corrected chi connectivity index (χ4v) is 11.3. The lowest BCUT2D eigenvalue weighted by Crippen LogP contribution is -2.61. The predicted octanol–water partition coefficient (Wildman–Crippen LogP) is 8.36. The second-order valence-electron chi connectivity index (χ2n) is 15.1. The van der Waals surface area contributed by atoms with Crippen LogP contribution in [0.15, 0.2) is 77.1 Å². The number of thioether (sulfide) groups is 1. The Kier molecular flexibility index (Phi) is 9.74. The fourth-order valence-electron chi connectivity index (χ4n) is 9.26. The number of aliphatic hydroxyl groups is 1. The van der Waals surface area contributed by atoms with E-state index in [0.717, 1.165) is 85.5 Å². The summed E-state index contributed by atoms with van der Waals surface area (Å²) in [6, 6.07) is 24.7. The van der Waals surface area contributed by atoms with Crippen molar-refractivity contribution in [3.8, 4) is 11.1 Å². The molecule has 50 heavy (non-hydrogen) atoms. The van der Waals surface area contributed by atoms with E-state index in [1.807, 2.05) is 31.2 Å². The first kappa shape index (κ1) is 33.8. The molecule has 3 N–H and O–H groups in total. The zero-order chi connectivity index (χ0) is 34.2. The molecule has 2 heterocycles. The molecule has 4 aliphatic carbocycles. The van der Waals surface area contributed by atoms with Crippen LogP contribution in [0.3, 0.4) is 0 Å². The molecule has 0 unspecified atom stereocenters. The monoisotopic (exact) mass is 710 g/mol. The Balaban J connectivity index is 0.965. The van der Waals surface area contributed by atoms with Gasteiger partial charge in [-0.3, -0.25) is 0 Å². The summed E-state index contributed by atoms with van der Waals surface area (Å²) in [6.45, 7) is 4.63. The Morgan fingerprint density at radius 3 is 2.28 bits per heavy atom. The highest BCUT2D eigenvalue weighted by molar-refractivity contribution is 8.01. The number of carbonyl (C=O) groups is 1. The van der Waals surface area contributed by atoms with Crippen molar-refractivity contribution in [2.45, 2.75) is 93.9 Å². The van der Waals surface area contributed by atoms with Crippen LogP contribution in [0.25, 0.3) is 11.1 Å². The minimum absolute atomic E-state index is 0.00114. The van der Waals surface area contributed by atoms with Crippen LogP contribution < -0.4 is 10.6 Å². The molecule has 4 aromatic rings. The van der Waals surface area contributed by atoms with Gasteiger partial charge in [0.2, 0.25) is 0 Å². The van der Waals surface area contributed by atoms with Crippen LogP contribution in [0.5, 0.6) is 0 Å². The largest absolute Gasteiger partial charge is 0.392 e. The van der Waals surface area contributed by atoms with Crippen molar-refractivity contribution in [3.63, 3.8) is 0 Å². The predicted molar refractivity (Wildman–Crippen MR) is 196 cm³/mol. The van der Waals surface area contributed by atoms with E-state index in [4.69, 9.17) is 9.47 Å². The van der Waals surface area contributed by atoms with E-state index < -0.39 is 6.29 Å². The molecule has 1 aliphatic heterocycles. The minimum atomic E-state index is -0.562. The molecule has 1 saturated heterocycles. The van der Waals surface area contributed by atoms with Gasteiger partial charge in [-0.25, -0.2) is 4.79 Å². The van der Waals surface area contributed by atoms with E-state index in [-0.39, 0.29) is 36.3 Å². The topological polar surface area (TPSA) is 106 Å². The molecule has 8 nitrogen and oxygen atoms in total. The van der Waals surface area contributed by atoms with Crippen LogP contribution in [0.4, 0.5) is 4.79 Å². The summed E-state index contributed by atoms with van der Waals surface area (Å²) in [7, 11) is 0. The van der Waals surface area contributed by atoms with Gasteiger partial charge in [-0.05, 0) is 103 Å². The SMILES string of the molecule is Cc1nnc(SC[C@H]2O[C@@H](c3cccc(-c4cccc(CNC(=O)NC56CC7CC(CC(C7)C5)C6)c4)c3)O[C@@H](c3ccc(CO)cc3)[C@H]2C)s1. The summed E-state index contributed by atoms with van der Waals surface area (Å²) in [4.78, 5) is 13.1. The third-order valence-electron chi connectivity index (χ3n) is 11.3. The van der Waals surface area contributed by atoms with Gasteiger partial charge in [0, 0.05) is 29.3 Å². The Bertz CT molecular complexity index is 1780. The van der Waals surface area contributed by atoms with Crippen molar-refractivity contribution >= 4 is 29.1 Å². The van der Waals surface area contributed by atoms with Gasteiger partial charge in [-0.15, -0.1) is 10.2 Å². The number of ether oxygens (including phenoxy) is 2. The van der Waals surface area contributed by atoms with Gasteiger partial charge in [0.15, 0.2) is 10.6 Å². The van der Waals surface area contributed by atoms with Gasteiger partial charge in [0.05, 0.1) is 18.8 Å². The minimum Gasteiger partial charge on any atom is -0.392 e. The molecule has 1 aromatic heterocycles. The van der Waals surface area contributed by atoms with E-state index in [2.05, 4.69) is 76.3 Å². The van der Waals surface area contributed by atoms with Crippen LogP contribution in [0, 0.1) is 30.6 Å². The van der Waals surface area contributed by atoms with Gasteiger partial charge < -0.3 is 25.2 Å². The summed E-state index contributed by atoms with van der Waals surface area (Å²) >= 11 is 3.27. The Hall–Kier alpha value is -3.28. The molecule has 9 rings (SSSR count). The number of amides is 2. The first-order valence-electron chi connectivity index (χ1n) is 18.0. The maximum Gasteiger partial charge on any atom is 0.315 e. The van der Waals surface area contributed by atoms with Crippen LogP contribution in [-0.4, -0.2) is 38.7 Å². The summed E-state index contributed by atoms with van der Waals surface area (Å²) in [5.74, 6) is 3.19. The first-order valence-corrected chi connectivity index (χ1v) is 19.8. The number of rotatable bonds is 10. The van der Waals surface area contributed by atoms with Gasteiger partial charge in [0.25, 0.3) is 0 Å².